The van der Waals surface area contributed by atoms with Crippen molar-refractivity contribution in [3.8, 4) is 5.75 Å². The number of phenolic OH excluding ortho intramolecular Hbond substituents is 1. The van der Waals surface area contributed by atoms with E-state index in [1.807, 2.05) is 23.9 Å². The molecule has 0 saturated carbocycles. The van der Waals surface area contributed by atoms with Crippen LogP contribution in [0.25, 0.3) is 0 Å². The van der Waals surface area contributed by atoms with E-state index in [2.05, 4.69) is 11.9 Å². The first kappa shape index (κ1) is 11.2. The van der Waals surface area contributed by atoms with Gasteiger partial charge in [-0.25, -0.2) is 0 Å². The fourth-order valence-corrected chi connectivity index (χ4v) is 4.38. The van der Waals surface area contributed by atoms with E-state index >= 15 is 0 Å². The molecule has 3 rings (SSSR count). The van der Waals surface area contributed by atoms with Gasteiger partial charge >= 0.3 is 0 Å². The Balaban J connectivity index is 2.07. The summed E-state index contributed by atoms with van der Waals surface area (Å²) in [5.74, 6) is 3.23. The summed E-state index contributed by atoms with van der Waals surface area (Å²) >= 11 is 2.01. The maximum absolute atomic E-state index is 9.62. The van der Waals surface area contributed by atoms with Crippen molar-refractivity contribution in [2.75, 3.05) is 23.5 Å². The first-order valence-electron chi connectivity index (χ1n) is 6.07. The number of hydrogen-bond acceptors (Lipinski definition) is 4. The van der Waals surface area contributed by atoms with E-state index in [0.717, 1.165) is 11.4 Å². The van der Waals surface area contributed by atoms with Crippen molar-refractivity contribution in [2.24, 2.45) is 11.7 Å². The van der Waals surface area contributed by atoms with Crippen LogP contribution < -0.4 is 10.6 Å². The molecule has 2 heterocycles. The van der Waals surface area contributed by atoms with E-state index in [1.165, 1.54) is 17.7 Å². The predicted octanol–water partition coefficient (Wildman–Crippen LogP) is 1.96. The van der Waals surface area contributed by atoms with E-state index in [-0.39, 0.29) is 6.04 Å². The van der Waals surface area contributed by atoms with Gasteiger partial charge in [-0.3, -0.25) is 0 Å². The Morgan fingerprint density at radius 3 is 3.12 bits per heavy atom. The molecule has 17 heavy (non-hydrogen) atoms. The van der Waals surface area contributed by atoms with Gasteiger partial charge in [0.1, 0.15) is 5.75 Å². The molecule has 2 aliphatic heterocycles. The zero-order chi connectivity index (χ0) is 12.0. The molecule has 3 unspecified atom stereocenters. The molecule has 0 amide bonds. The molecule has 0 aromatic heterocycles. The minimum atomic E-state index is 0.111. The van der Waals surface area contributed by atoms with Gasteiger partial charge in [0, 0.05) is 36.8 Å². The zero-order valence-electron chi connectivity index (χ0n) is 9.97. The topological polar surface area (TPSA) is 49.5 Å². The van der Waals surface area contributed by atoms with Gasteiger partial charge in [0.2, 0.25) is 0 Å². The summed E-state index contributed by atoms with van der Waals surface area (Å²) < 4.78 is 0. The van der Waals surface area contributed by atoms with Gasteiger partial charge in [-0.15, -0.1) is 0 Å². The highest BCUT2D eigenvalue weighted by atomic mass is 32.2. The molecule has 3 atom stereocenters. The van der Waals surface area contributed by atoms with Crippen molar-refractivity contribution < 1.29 is 5.11 Å². The predicted molar refractivity (Wildman–Crippen MR) is 72.7 cm³/mol. The van der Waals surface area contributed by atoms with E-state index < -0.39 is 0 Å². The second kappa shape index (κ2) is 4.10. The number of rotatable bonds is 0. The quantitative estimate of drug-likeness (QED) is 0.739. The summed E-state index contributed by atoms with van der Waals surface area (Å²) in [4.78, 5) is 2.31. The summed E-state index contributed by atoms with van der Waals surface area (Å²) in [5, 5.41) is 9.62. The zero-order valence-corrected chi connectivity index (χ0v) is 10.8. The summed E-state index contributed by atoms with van der Waals surface area (Å²) in [6.07, 6.45) is 1.19. The number of benzene rings is 1. The van der Waals surface area contributed by atoms with Crippen molar-refractivity contribution in [3.05, 3.63) is 23.8 Å². The van der Waals surface area contributed by atoms with Crippen molar-refractivity contribution in [1.82, 2.24) is 0 Å². The van der Waals surface area contributed by atoms with Crippen LogP contribution >= 0.6 is 11.8 Å². The molecule has 0 aliphatic carbocycles. The Kier molecular flexibility index (Phi) is 2.71. The minimum Gasteiger partial charge on any atom is -0.508 e. The van der Waals surface area contributed by atoms with Crippen LogP contribution in [0.3, 0.4) is 0 Å². The lowest BCUT2D eigenvalue weighted by Gasteiger charge is -2.47. The molecule has 1 fully saturated rings. The summed E-state index contributed by atoms with van der Waals surface area (Å²) in [5.41, 5.74) is 8.67. The largest absolute Gasteiger partial charge is 0.508 e. The third kappa shape index (κ3) is 1.70. The molecule has 0 radical (unpaired) electrons. The van der Waals surface area contributed by atoms with Crippen LogP contribution in [0.15, 0.2) is 18.2 Å². The fourth-order valence-electron chi connectivity index (χ4n) is 3.10. The highest BCUT2D eigenvalue weighted by Crippen LogP contribution is 2.44. The molecule has 3 nitrogen and oxygen atoms in total. The smallest absolute Gasteiger partial charge is 0.117 e. The van der Waals surface area contributed by atoms with Crippen LogP contribution in [-0.2, 0) is 0 Å². The van der Waals surface area contributed by atoms with E-state index in [9.17, 15) is 5.11 Å². The molecule has 0 bridgehead atoms. The summed E-state index contributed by atoms with van der Waals surface area (Å²) in [7, 11) is 2.12. The Labute approximate surface area is 106 Å². The molecule has 1 aromatic carbocycles. The van der Waals surface area contributed by atoms with Crippen LogP contribution in [0, 0.1) is 5.92 Å². The van der Waals surface area contributed by atoms with Gasteiger partial charge in [0.25, 0.3) is 0 Å². The lowest BCUT2D eigenvalue weighted by atomic mass is 9.81. The highest BCUT2D eigenvalue weighted by molar-refractivity contribution is 7.99. The number of phenols is 1. The molecule has 92 valence electrons. The van der Waals surface area contributed by atoms with Gasteiger partial charge < -0.3 is 15.7 Å². The lowest BCUT2D eigenvalue weighted by Crippen LogP contribution is -2.50. The van der Waals surface area contributed by atoms with Crippen LogP contribution in [0.2, 0.25) is 0 Å². The average Bonchev–Trinajstić information content (AvgIpc) is 2.36. The SMILES string of the molecule is CN1c2cc(O)ccc2C(N)C2CSCCC21. The third-order valence-corrected chi connectivity index (χ3v) is 5.22. The minimum absolute atomic E-state index is 0.111. The Hall–Kier alpha value is -0.870. The first-order valence-corrected chi connectivity index (χ1v) is 7.23. The molecule has 1 aromatic rings. The molecule has 0 spiro atoms. The van der Waals surface area contributed by atoms with Crippen molar-refractivity contribution in [2.45, 2.75) is 18.5 Å². The Morgan fingerprint density at radius 1 is 1.47 bits per heavy atom. The number of aromatic hydroxyl groups is 1. The average molecular weight is 250 g/mol. The van der Waals surface area contributed by atoms with Crippen LogP contribution in [0.1, 0.15) is 18.0 Å². The molecule has 3 N–H and O–H groups in total. The number of anilines is 1. The first-order chi connectivity index (χ1) is 8.18. The van der Waals surface area contributed by atoms with E-state index in [0.29, 0.717) is 17.7 Å². The Bertz CT molecular complexity index is 437. The van der Waals surface area contributed by atoms with Gasteiger partial charge in [0.05, 0.1) is 0 Å². The number of thioether (sulfide) groups is 1. The van der Waals surface area contributed by atoms with Crippen LogP contribution in [0.4, 0.5) is 5.69 Å². The standard InChI is InChI=1S/C13H18N2OS/c1-15-11-4-5-17-7-10(11)13(14)9-3-2-8(16)6-12(9)15/h2-3,6,10-11,13,16H,4-5,7,14H2,1H3. The normalized spacial score (nSPS) is 31.9. The summed E-state index contributed by atoms with van der Waals surface area (Å²) in [6.45, 7) is 0. The van der Waals surface area contributed by atoms with Crippen LogP contribution in [-0.4, -0.2) is 29.7 Å². The van der Waals surface area contributed by atoms with Gasteiger partial charge in [-0.1, -0.05) is 6.07 Å². The summed E-state index contributed by atoms with van der Waals surface area (Å²) in [6, 6.07) is 6.19. The maximum atomic E-state index is 9.62. The van der Waals surface area contributed by atoms with Crippen molar-refractivity contribution >= 4 is 17.4 Å². The van der Waals surface area contributed by atoms with Crippen molar-refractivity contribution in [1.29, 1.82) is 0 Å². The molecular weight excluding hydrogens is 232 g/mol. The van der Waals surface area contributed by atoms with Gasteiger partial charge in [-0.05, 0) is 29.6 Å². The van der Waals surface area contributed by atoms with Crippen LogP contribution in [0.5, 0.6) is 5.75 Å². The maximum Gasteiger partial charge on any atom is 0.117 e. The highest BCUT2D eigenvalue weighted by Gasteiger charge is 2.39. The second-order valence-electron chi connectivity index (χ2n) is 4.97. The number of fused-ring (bicyclic) bond motifs is 2. The molecule has 2 aliphatic rings. The number of hydrogen-bond donors (Lipinski definition) is 2. The second-order valence-corrected chi connectivity index (χ2v) is 6.12. The van der Waals surface area contributed by atoms with E-state index in [4.69, 9.17) is 5.73 Å². The van der Waals surface area contributed by atoms with E-state index in [1.54, 1.807) is 6.07 Å². The molecule has 1 saturated heterocycles. The monoisotopic (exact) mass is 250 g/mol. The van der Waals surface area contributed by atoms with Crippen molar-refractivity contribution in [3.63, 3.8) is 0 Å². The molecule has 4 heteroatoms. The lowest BCUT2D eigenvalue weighted by molar-refractivity contribution is 0.346. The molecular formula is C13H18N2OS. The van der Waals surface area contributed by atoms with Gasteiger partial charge in [0.15, 0.2) is 0 Å². The van der Waals surface area contributed by atoms with Gasteiger partial charge in [-0.2, -0.15) is 11.8 Å². The number of nitrogens with zero attached hydrogens (tertiary/aromatic N) is 1. The number of nitrogens with two attached hydrogens (primary N) is 1. The Morgan fingerprint density at radius 2 is 2.29 bits per heavy atom. The fraction of sp³-hybridized carbons (Fsp3) is 0.538. The third-order valence-electron chi connectivity index (χ3n) is 4.07.